The van der Waals surface area contributed by atoms with Gasteiger partial charge >= 0.3 is 19.8 Å². The molecule has 38 heavy (non-hydrogen) atoms. The highest BCUT2D eigenvalue weighted by Crippen LogP contribution is 2.35. The van der Waals surface area contributed by atoms with Crippen molar-refractivity contribution in [3.05, 3.63) is 12.2 Å². The number of phosphoric ester groups is 1. The van der Waals surface area contributed by atoms with E-state index in [2.05, 4.69) is 30.5 Å². The Bertz CT molecular complexity index is 646. The van der Waals surface area contributed by atoms with Gasteiger partial charge in [-0.3, -0.25) is 14.1 Å². The zero-order valence-electron chi connectivity index (χ0n) is 24.1. The van der Waals surface area contributed by atoms with Crippen molar-refractivity contribution in [1.82, 2.24) is 0 Å². The Kier molecular flexibility index (Phi) is 25.2. The maximum atomic E-state index is 12.2. The predicted octanol–water partition coefficient (Wildman–Crippen LogP) is 7.95. The second-order valence-corrected chi connectivity index (χ2v) is 11.3. The molecular formula is C29H55O8P. The predicted molar refractivity (Wildman–Crippen MR) is 152 cm³/mol. The van der Waals surface area contributed by atoms with Gasteiger partial charge in [0.1, 0.15) is 6.61 Å². The van der Waals surface area contributed by atoms with Gasteiger partial charge in [-0.15, -0.1) is 0 Å². The summed E-state index contributed by atoms with van der Waals surface area (Å²) in [6, 6.07) is 0. The number of hydrogen-bond acceptors (Lipinski definition) is 6. The molecule has 0 unspecified atom stereocenters. The van der Waals surface area contributed by atoms with Crippen LogP contribution in [0.5, 0.6) is 0 Å². The first-order valence-electron chi connectivity index (χ1n) is 15.0. The van der Waals surface area contributed by atoms with Crippen LogP contribution >= 0.6 is 7.82 Å². The Labute approximate surface area is 231 Å². The Hall–Kier alpha value is -1.21. The fourth-order valence-corrected chi connectivity index (χ4v) is 4.37. The maximum Gasteiger partial charge on any atom is 0.469 e. The molecule has 0 radical (unpaired) electrons. The summed E-state index contributed by atoms with van der Waals surface area (Å²) < 4.78 is 26.0. The van der Waals surface area contributed by atoms with Crippen molar-refractivity contribution in [2.24, 2.45) is 0 Å². The Morgan fingerprint density at radius 3 is 1.63 bits per heavy atom. The van der Waals surface area contributed by atoms with Crippen LogP contribution in [0, 0.1) is 0 Å². The average molecular weight is 563 g/mol. The Balaban J connectivity index is 4.08. The van der Waals surface area contributed by atoms with Gasteiger partial charge in [-0.25, -0.2) is 4.57 Å². The standard InChI is InChI=1S/C29H55O8P/c1-3-5-7-9-11-12-13-14-15-16-18-20-22-24-29(31)37-27(26-36-38(32,33)34)25-35-28(30)23-21-19-17-10-8-6-4-2/h14-15,27H,3-13,16-26H2,1-2H3,(H2,32,33,34)/b15-14+/t27-/m1/s1. The van der Waals surface area contributed by atoms with Crippen molar-refractivity contribution in [1.29, 1.82) is 0 Å². The monoisotopic (exact) mass is 562 g/mol. The minimum Gasteiger partial charge on any atom is -0.462 e. The number of unbranched alkanes of at least 4 members (excludes halogenated alkanes) is 15. The Morgan fingerprint density at radius 2 is 1.11 bits per heavy atom. The zero-order valence-corrected chi connectivity index (χ0v) is 25.0. The van der Waals surface area contributed by atoms with Crippen LogP contribution < -0.4 is 0 Å². The molecule has 0 aliphatic rings. The van der Waals surface area contributed by atoms with E-state index >= 15 is 0 Å². The van der Waals surface area contributed by atoms with Gasteiger partial charge in [0.15, 0.2) is 6.10 Å². The van der Waals surface area contributed by atoms with Crippen LogP contribution in [0.4, 0.5) is 0 Å². The smallest absolute Gasteiger partial charge is 0.462 e. The highest BCUT2D eigenvalue weighted by atomic mass is 31.2. The lowest BCUT2D eigenvalue weighted by atomic mass is 10.1. The molecule has 1 atom stereocenters. The van der Waals surface area contributed by atoms with Crippen molar-refractivity contribution in [2.45, 2.75) is 148 Å². The molecule has 0 aliphatic carbocycles. The first-order chi connectivity index (χ1) is 18.3. The van der Waals surface area contributed by atoms with Gasteiger partial charge in [0.2, 0.25) is 0 Å². The van der Waals surface area contributed by atoms with E-state index in [9.17, 15) is 14.2 Å². The van der Waals surface area contributed by atoms with E-state index in [-0.39, 0.29) is 19.4 Å². The van der Waals surface area contributed by atoms with Gasteiger partial charge in [-0.05, 0) is 38.5 Å². The number of hydrogen-bond donors (Lipinski definition) is 2. The molecule has 0 aromatic rings. The minimum atomic E-state index is -4.73. The van der Waals surface area contributed by atoms with E-state index in [1.54, 1.807) is 0 Å². The normalized spacial score (nSPS) is 12.6. The highest BCUT2D eigenvalue weighted by Gasteiger charge is 2.22. The molecule has 0 spiro atoms. The molecule has 0 saturated heterocycles. The van der Waals surface area contributed by atoms with Crippen LogP contribution in [0.25, 0.3) is 0 Å². The molecular weight excluding hydrogens is 507 g/mol. The molecule has 0 fully saturated rings. The van der Waals surface area contributed by atoms with Crippen molar-refractivity contribution in [3.8, 4) is 0 Å². The summed E-state index contributed by atoms with van der Waals surface area (Å²) in [4.78, 5) is 42.2. The third kappa shape index (κ3) is 27.8. The molecule has 0 bridgehead atoms. The lowest BCUT2D eigenvalue weighted by molar-refractivity contribution is -0.161. The topological polar surface area (TPSA) is 119 Å². The lowest BCUT2D eigenvalue weighted by Crippen LogP contribution is -2.29. The third-order valence-electron chi connectivity index (χ3n) is 6.28. The molecule has 9 heteroatoms. The SMILES string of the molecule is CCCCCCCC/C=C/CCCCCC(=O)O[C@H](COC(=O)CCCCCCCCC)COP(=O)(O)O. The largest absolute Gasteiger partial charge is 0.469 e. The van der Waals surface area contributed by atoms with Crippen molar-refractivity contribution in [3.63, 3.8) is 0 Å². The molecule has 0 amide bonds. The Morgan fingerprint density at radius 1 is 0.658 bits per heavy atom. The summed E-state index contributed by atoms with van der Waals surface area (Å²) in [5.41, 5.74) is 0. The number of carbonyl (C=O) groups is 2. The van der Waals surface area contributed by atoms with Gasteiger partial charge < -0.3 is 19.3 Å². The molecule has 0 heterocycles. The van der Waals surface area contributed by atoms with Gasteiger partial charge in [-0.2, -0.15) is 0 Å². The number of ether oxygens (including phenoxy) is 2. The average Bonchev–Trinajstić information content (AvgIpc) is 2.87. The summed E-state index contributed by atoms with van der Waals surface area (Å²) in [5.74, 6) is -0.911. The number of carbonyl (C=O) groups excluding carboxylic acids is 2. The van der Waals surface area contributed by atoms with E-state index in [1.807, 2.05) is 0 Å². The minimum absolute atomic E-state index is 0.194. The molecule has 0 aromatic carbocycles. The molecule has 224 valence electrons. The fraction of sp³-hybridized carbons (Fsp3) is 0.862. The zero-order chi connectivity index (χ0) is 28.3. The van der Waals surface area contributed by atoms with Crippen molar-refractivity contribution >= 4 is 19.8 Å². The molecule has 0 rings (SSSR count). The summed E-state index contributed by atoms with van der Waals surface area (Å²) in [6.45, 7) is 3.57. The quantitative estimate of drug-likeness (QED) is 0.0448. The van der Waals surface area contributed by atoms with Gasteiger partial charge in [0.05, 0.1) is 6.61 Å². The first kappa shape index (κ1) is 36.8. The molecule has 2 N–H and O–H groups in total. The van der Waals surface area contributed by atoms with E-state index in [1.165, 1.54) is 57.8 Å². The van der Waals surface area contributed by atoms with Crippen LogP contribution in [-0.2, 0) is 28.2 Å². The lowest BCUT2D eigenvalue weighted by Gasteiger charge is -2.18. The van der Waals surface area contributed by atoms with Crippen molar-refractivity contribution < 1.29 is 37.9 Å². The number of allylic oxidation sites excluding steroid dienone is 2. The van der Waals surface area contributed by atoms with Crippen LogP contribution in [0.15, 0.2) is 12.2 Å². The summed E-state index contributed by atoms with van der Waals surface area (Å²) in [7, 11) is -4.73. The summed E-state index contributed by atoms with van der Waals surface area (Å²) in [6.07, 6.45) is 23.9. The van der Waals surface area contributed by atoms with Crippen molar-refractivity contribution in [2.75, 3.05) is 13.2 Å². The molecule has 0 aromatic heterocycles. The maximum absolute atomic E-state index is 12.2. The van der Waals surface area contributed by atoms with Crippen LogP contribution in [-0.4, -0.2) is 41.0 Å². The highest BCUT2D eigenvalue weighted by molar-refractivity contribution is 7.46. The second kappa shape index (κ2) is 26.0. The fourth-order valence-electron chi connectivity index (χ4n) is 4.01. The summed E-state index contributed by atoms with van der Waals surface area (Å²) in [5, 5.41) is 0. The van der Waals surface area contributed by atoms with Gasteiger partial charge in [0.25, 0.3) is 0 Å². The van der Waals surface area contributed by atoms with E-state index in [0.717, 1.165) is 51.4 Å². The number of esters is 2. The number of rotatable bonds is 27. The second-order valence-electron chi connectivity index (χ2n) is 10.1. The third-order valence-corrected chi connectivity index (χ3v) is 6.77. The van der Waals surface area contributed by atoms with Crippen LogP contribution in [0.2, 0.25) is 0 Å². The first-order valence-corrected chi connectivity index (χ1v) is 16.5. The van der Waals surface area contributed by atoms with Crippen LogP contribution in [0.1, 0.15) is 142 Å². The van der Waals surface area contributed by atoms with Crippen LogP contribution in [0.3, 0.4) is 0 Å². The van der Waals surface area contributed by atoms with E-state index < -0.39 is 32.5 Å². The van der Waals surface area contributed by atoms with E-state index in [4.69, 9.17) is 19.3 Å². The van der Waals surface area contributed by atoms with Gasteiger partial charge in [0, 0.05) is 12.8 Å². The van der Waals surface area contributed by atoms with E-state index in [0.29, 0.717) is 6.42 Å². The molecule has 0 aliphatic heterocycles. The number of phosphoric acid groups is 1. The van der Waals surface area contributed by atoms with Gasteiger partial charge in [-0.1, -0.05) is 103 Å². The molecule has 8 nitrogen and oxygen atoms in total. The molecule has 0 saturated carbocycles. The summed E-state index contributed by atoms with van der Waals surface area (Å²) >= 11 is 0.